The van der Waals surface area contributed by atoms with Gasteiger partial charge in [-0.2, -0.15) is 0 Å². The van der Waals surface area contributed by atoms with Crippen molar-refractivity contribution in [1.82, 2.24) is 9.97 Å². The van der Waals surface area contributed by atoms with Gasteiger partial charge in [0, 0.05) is 28.9 Å². The van der Waals surface area contributed by atoms with Gasteiger partial charge in [-0.3, -0.25) is 0 Å². The van der Waals surface area contributed by atoms with Crippen molar-refractivity contribution < 1.29 is 9.47 Å². The molecule has 1 aromatic heterocycles. The molecular weight excluding hydrogens is 358 g/mol. The fourth-order valence-corrected chi connectivity index (χ4v) is 2.36. The summed E-state index contributed by atoms with van der Waals surface area (Å²) in [6, 6.07) is 7.31. The highest BCUT2D eigenvalue weighted by Gasteiger charge is 2.06. The molecule has 21 heavy (non-hydrogen) atoms. The van der Waals surface area contributed by atoms with Crippen LogP contribution in [0.3, 0.4) is 0 Å². The summed E-state index contributed by atoms with van der Waals surface area (Å²) in [7, 11) is 1.62. The Hall–Kier alpha value is -1.37. The summed E-state index contributed by atoms with van der Waals surface area (Å²) < 4.78 is 11.4. The smallest absolute Gasteiger partial charge is 0.158 e. The van der Waals surface area contributed by atoms with E-state index in [0.717, 1.165) is 15.9 Å². The maximum atomic E-state index is 6.00. The molecule has 0 unspecified atom stereocenters. The molecule has 0 aliphatic heterocycles. The van der Waals surface area contributed by atoms with Crippen molar-refractivity contribution in [2.45, 2.75) is 13.5 Å². The third kappa shape index (κ3) is 4.84. The van der Waals surface area contributed by atoms with Crippen LogP contribution in [0.5, 0.6) is 5.75 Å². The minimum atomic E-state index is 0.327. The highest BCUT2D eigenvalue weighted by atomic mass is 79.9. The zero-order chi connectivity index (χ0) is 15.2. The highest BCUT2D eigenvalue weighted by Crippen LogP contribution is 2.27. The van der Waals surface area contributed by atoms with Crippen LogP contribution in [0.25, 0.3) is 0 Å². The van der Waals surface area contributed by atoms with Crippen LogP contribution in [0, 0.1) is 0 Å². The second-order valence-electron chi connectivity index (χ2n) is 4.13. The molecule has 0 aliphatic rings. The van der Waals surface area contributed by atoms with Gasteiger partial charge < -0.3 is 14.8 Å². The lowest BCUT2D eigenvalue weighted by Gasteiger charge is -2.10. The second kappa shape index (κ2) is 7.59. The molecule has 112 valence electrons. The third-order valence-corrected chi connectivity index (χ3v) is 3.21. The summed E-state index contributed by atoms with van der Waals surface area (Å²) in [6.07, 6.45) is 0. The van der Waals surface area contributed by atoms with Crippen LogP contribution < -0.4 is 10.1 Å². The largest absolute Gasteiger partial charge is 0.497 e. The van der Waals surface area contributed by atoms with Gasteiger partial charge in [0.15, 0.2) is 5.82 Å². The van der Waals surface area contributed by atoms with E-state index in [1.54, 1.807) is 13.2 Å². The summed E-state index contributed by atoms with van der Waals surface area (Å²) >= 11 is 9.44. The van der Waals surface area contributed by atoms with Crippen LogP contribution in [-0.2, 0) is 11.3 Å². The lowest BCUT2D eigenvalue weighted by atomic mass is 10.3. The number of hydrogen-bond acceptors (Lipinski definition) is 5. The van der Waals surface area contributed by atoms with Gasteiger partial charge in [0.1, 0.15) is 23.3 Å². The average molecular weight is 373 g/mol. The van der Waals surface area contributed by atoms with E-state index >= 15 is 0 Å². The van der Waals surface area contributed by atoms with Crippen molar-refractivity contribution in [2.75, 3.05) is 19.0 Å². The topological polar surface area (TPSA) is 56.3 Å². The third-order valence-electron chi connectivity index (χ3n) is 2.56. The Morgan fingerprint density at radius 1 is 1.24 bits per heavy atom. The number of hydrogen-bond donors (Lipinski definition) is 1. The van der Waals surface area contributed by atoms with Gasteiger partial charge in [0.2, 0.25) is 0 Å². The molecule has 1 heterocycles. The number of aromatic nitrogens is 2. The second-order valence-corrected chi connectivity index (χ2v) is 5.44. The zero-order valence-corrected chi connectivity index (χ0v) is 14.0. The van der Waals surface area contributed by atoms with E-state index in [1.165, 1.54) is 0 Å². The van der Waals surface area contributed by atoms with Crippen LogP contribution in [0.1, 0.15) is 12.7 Å². The maximum absolute atomic E-state index is 6.00. The summed E-state index contributed by atoms with van der Waals surface area (Å²) in [5, 5.41) is 3.54. The minimum Gasteiger partial charge on any atom is -0.497 e. The Morgan fingerprint density at radius 3 is 2.76 bits per heavy atom. The molecule has 0 radical (unpaired) electrons. The molecule has 1 aromatic carbocycles. The van der Waals surface area contributed by atoms with Crippen molar-refractivity contribution in [3.05, 3.63) is 39.7 Å². The SMILES string of the molecule is CCOCc1nc(Cl)cc(Nc2cc(Br)cc(OC)c2)n1. The number of rotatable bonds is 6. The van der Waals surface area contributed by atoms with Crippen molar-refractivity contribution in [1.29, 1.82) is 0 Å². The van der Waals surface area contributed by atoms with Gasteiger partial charge in [-0.05, 0) is 19.1 Å². The lowest BCUT2D eigenvalue weighted by Crippen LogP contribution is -2.03. The number of anilines is 2. The Balaban J connectivity index is 2.22. The van der Waals surface area contributed by atoms with E-state index in [4.69, 9.17) is 21.1 Å². The Kier molecular flexibility index (Phi) is 5.78. The van der Waals surface area contributed by atoms with E-state index < -0.39 is 0 Å². The monoisotopic (exact) mass is 371 g/mol. The van der Waals surface area contributed by atoms with Crippen LogP contribution in [-0.4, -0.2) is 23.7 Å². The zero-order valence-electron chi connectivity index (χ0n) is 11.7. The Labute approximate surface area is 136 Å². The van der Waals surface area contributed by atoms with Gasteiger partial charge in [-0.1, -0.05) is 27.5 Å². The molecular formula is C14H15BrClN3O2. The molecule has 2 aromatic rings. The van der Waals surface area contributed by atoms with E-state index in [2.05, 4.69) is 31.2 Å². The van der Waals surface area contributed by atoms with Gasteiger partial charge >= 0.3 is 0 Å². The van der Waals surface area contributed by atoms with Crippen molar-refractivity contribution in [3.63, 3.8) is 0 Å². The number of ether oxygens (including phenoxy) is 2. The molecule has 5 nitrogen and oxygen atoms in total. The Bertz CT molecular complexity index is 625. The van der Waals surface area contributed by atoms with Crippen LogP contribution >= 0.6 is 27.5 Å². The first-order valence-electron chi connectivity index (χ1n) is 6.33. The van der Waals surface area contributed by atoms with E-state index in [1.807, 2.05) is 25.1 Å². The van der Waals surface area contributed by atoms with E-state index in [9.17, 15) is 0 Å². The van der Waals surface area contributed by atoms with Gasteiger partial charge in [0.05, 0.1) is 7.11 Å². The first kappa shape index (κ1) is 16.0. The van der Waals surface area contributed by atoms with Crippen molar-refractivity contribution in [2.24, 2.45) is 0 Å². The van der Waals surface area contributed by atoms with Crippen LogP contribution in [0.4, 0.5) is 11.5 Å². The molecule has 0 saturated heterocycles. The summed E-state index contributed by atoms with van der Waals surface area (Å²) in [5.74, 6) is 1.88. The standard InChI is InChI=1S/C14H15BrClN3O2/c1-3-21-8-14-18-12(16)7-13(19-14)17-10-4-9(15)5-11(6-10)20-2/h4-7H,3,8H2,1-2H3,(H,17,18,19). The molecule has 0 fully saturated rings. The van der Waals surface area contributed by atoms with Crippen molar-refractivity contribution >= 4 is 39.0 Å². The normalized spacial score (nSPS) is 10.5. The Morgan fingerprint density at radius 2 is 2.05 bits per heavy atom. The summed E-state index contributed by atoms with van der Waals surface area (Å²) in [6.45, 7) is 2.84. The summed E-state index contributed by atoms with van der Waals surface area (Å²) in [4.78, 5) is 8.48. The van der Waals surface area contributed by atoms with Gasteiger partial charge in [-0.25, -0.2) is 9.97 Å². The molecule has 0 spiro atoms. The minimum absolute atomic E-state index is 0.327. The van der Waals surface area contributed by atoms with Crippen LogP contribution in [0.2, 0.25) is 5.15 Å². The molecule has 0 bridgehead atoms. The number of nitrogens with zero attached hydrogens (tertiary/aromatic N) is 2. The number of methoxy groups -OCH3 is 1. The molecule has 2 rings (SSSR count). The number of nitrogens with one attached hydrogen (secondary N) is 1. The quantitative estimate of drug-likeness (QED) is 0.771. The predicted molar refractivity (Wildman–Crippen MR) is 86.3 cm³/mol. The molecule has 7 heteroatoms. The highest BCUT2D eigenvalue weighted by molar-refractivity contribution is 9.10. The fraction of sp³-hybridized carbons (Fsp3) is 0.286. The fourth-order valence-electron chi connectivity index (χ4n) is 1.69. The number of halogens is 2. The lowest BCUT2D eigenvalue weighted by molar-refractivity contribution is 0.128. The maximum Gasteiger partial charge on any atom is 0.158 e. The average Bonchev–Trinajstić information content (AvgIpc) is 2.43. The molecule has 0 saturated carbocycles. The first-order chi connectivity index (χ1) is 10.1. The van der Waals surface area contributed by atoms with Crippen molar-refractivity contribution in [3.8, 4) is 5.75 Å². The predicted octanol–water partition coefficient (Wildman–Crippen LogP) is 4.18. The molecule has 0 atom stereocenters. The molecule has 0 amide bonds. The van der Waals surface area contributed by atoms with E-state index in [0.29, 0.717) is 30.0 Å². The molecule has 1 N–H and O–H groups in total. The van der Waals surface area contributed by atoms with Gasteiger partial charge in [-0.15, -0.1) is 0 Å². The first-order valence-corrected chi connectivity index (χ1v) is 7.50. The van der Waals surface area contributed by atoms with Crippen LogP contribution in [0.15, 0.2) is 28.7 Å². The van der Waals surface area contributed by atoms with E-state index in [-0.39, 0.29) is 0 Å². The molecule has 0 aliphatic carbocycles. The number of benzene rings is 1. The summed E-state index contributed by atoms with van der Waals surface area (Å²) in [5.41, 5.74) is 0.832. The van der Waals surface area contributed by atoms with Gasteiger partial charge in [0.25, 0.3) is 0 Å².